The normalized spacial score (nSPS) is 15.1. The molecule has 0 rings (SSSR count). The number of hydrogen-bond donors (Lipinski definition) is 1. The van der Waals surface area contributed by atoms with E-state index < -0.39 is 31.5 Å². The Labute approximate surface area is 134 Å². The number of rotatable bonds is 10. The molecule has 0 amide bonds. The first-order valence-electron chi connectivity index (χ1n) is 7.59. The Morgan fingerprint density at radius 1 is 1.05 bits per heavy atom. The second kappa shape index (κ2) is 8.19. The van der Waals surface area contributed by atoms with E-state index in [1.807, 2.05) is 0 Å². The SMILES string of the molecule is C=C(C)C(O)OCCC[Si](C)(C)O[Si](C)(C)O[Si](C)(C)C. The van der Waals surface area contributed by atoms with Crippen LogP contribution < -0.4 is 0 Å². The van der Waals surface area contributed by atoms with Crippen LogP contribution in [0.1, 0.15) is 13.3 Å². The molecule has 0 saturated heterocycles. The van der Waals surface area contributed by atoms with Gasteiger partial charge in [-0.3, -0.25) is 0 Å². The average Bonchev–Trinajstić information content (AvgIpc) is 2.18. The second-order valence-electron chi connectivity index (χ2n) is 7.65. The zero-order valence-electron chi connectivity index (χ0n) is 15.1. The Kier molecular flexibility index (Phi) is 8.28. The lowest BCUT2D eigenvalue weighted by Gasteiger charge is -2.37. The molecule has 0 aliphatic carbocycles. The van der Waals surface area contributed by atoms with Crippen molar-refractivity contribution in [1.82, 2.24) is 0 Å². The van der Waals surface area contributed by atoms with Crippen LogP contribution in [-0.4, -0.2) is 43.2 Å². The summed E-state index contributed by atoms with van der Waals surface area (Å²) in [6.07, 6.45) is 0.0396. The molecule has 0 aliphatic heterocycles. The zero-order valence-corrected chi connectivity index (χ0v) is 18.1. The van der Waals surface area contributed by atoms with Gasteiger partial charge in [0, 0.05) is 6.61 Å². The van der Waals surface area contributed by atoms with E-state index in [0.717, 1.165) is 12.5 Å². The Morgan fingerprint density at radius 2 is 1.57 bits per heavy atom. The van der Waals surface area contributed by atoms with Gasteiger partial charge in [0.25, 0.3) is 0 Å². The number of aliphatic hydroxyl groups excluding tert-OH is 1. The summed E-state index contributed by atoms with van der Waals surface area (Å²) in [7, 11) is -5.38. The van der Waals surface area contributed by atoms with Crippen molar-refractivity contribution in [3.8, 4) is 0 Å². The van der Waals surface area contributed by atoms with Gasteiger partial charge in [0.05, 0.1) is 0 Å². The highest BCUT2D eigenvalue weighted by Gasteiger charge is 2.37. The molecule has 0 aliphatic rings. The standard InChI is InChI=1S/C14H34O4Si3/c1-13(2)14(15)16-11-10-12-20(6,7)18-21(8,9)17-19(3,4)5/h14-15H,1,10-12H2,2-9H3. The van der Waals surface area contributed by atoms with Crippen molar-refractivity contribution in [1.29, 1.82) is 0 Å². The van der Waals surface area contributed by atoms with Gasteiger partial charge in [-0.15, -0.1) is 0 Å². The van der Waals surface area contributed by atoms with Gasteiger partial charge in [-0.2, -0.15) is 0 Å². The molecule has 0 bridgehead atoms. The maximum atomic E-state index is 9.52. The van der Waals surface area contributed by atoms with Crippen molar-refractivity contribution in [2.24, 2.45) is 0 Å². The summed E-state index contributed by atoms with van der Waals surface area (Å²) in [4.78, 5) is 0. The lowest BCUT2D eigenvalue weighted by Crippen LogP contribution is -2.51. The molecule has 21 heavy (non-hydrogen) atoms. The fourth-order valence-corrected chi connectivity index (χ4v) is 15.5. The summed E-state index contributed by atoms with van der Waals surface area (Å²) in [5.41, 5.74) is 0.639. The fourth-order valence-electron chi connectivity index (χ4n) is 2.31. The van der Waals surface area contributed by atoms with E-state index in [0.29, 0.717) is 12.2 Å². The van der Waals surface area contributed by atoms with Gasteiger partial charge in [0.15, 0.2) is 22.9 Å². The van der Waals surface area contributed by atoms with Crippen molar-refractivity contribution in [2.75, 3.05) is 6.61 Å². The largest absolute Gasteiger partial charge is 0.437 e. The van der Waals surface area contributed by atoms with Gasteiger partial charge in [0.1, 0.15) is 0 Å². The first-order chi connectivity index (χ1) is 9.24. The molecule has 0 aromatic heterocycles. The van der Waals surface area contributed by atoms with Crippen LogP contribution in [0, 0.1) is 0 Å². The summed E-state index contributed by atoms with van der Waals surface area (Å²) in [5.74, 6) is 0. The van der Waals surface area contributed by atoms with Crippen molar-refractivity contribution >= 4 is 25.2 Å². The molecule has 0 aromatic rings. The molecule has 1 unspecified atom stereocenters. The van der Waals surface area contributed by atoms with E-state index in [2.05, 4.69) is 52.4 Å². The van der Waals surface area contributed by atoms with Gasteiger partial charge in [-0.1, -0.05) is 6.58 Å². The minimum Gasteiger partial charge on any atom is -0.437 e. The second-order valence-corrected chi connectivity index (χ2v) is 20.3. The maximum absolute atomic E-state index is 9.52. The van der Waals surface area contributed by atoms with Gasteiger partial charge in [-0.25, -0.2) is 0 Å². The minimum absolute atomic E-state index is 0.532. The minimum atomic E-state index is -2.05. The molecule has 7 heteroatoms. The molecule has 0 saturated carbocycles. The van der Waals surface area contributed by atoms with E-state index in [1.165, 1.54) is 0 Å². The monoisotopic (exact) mass is 350 g/mol. The molecule has 0 radical (unpaired) electrons. The quantitative estimate of drug-likeness (QED) is 0.279. The number of aliphatic hydroxyl groups is 1. The van der Waals surface area contributed by atoms with Crippen LogP contribution in [0.2, 0.25) is 51.9 Å². The lowest BCUT2D eigenvalue weighted by atomic mass is 10.3. The topological polar surface area (TPSA) is 47.9 Å². The summed E-state index contributed by atoms with van der Waals surface area (Å²) in [5, 5.41) is 9.52. The summed E-state index contributed by atoms with van der Waals surface area (Å²) < 4.78 is 18.0. The van der Waals surface area contributed by atoms with E-state index in [1.54, 1.807) is 6.92 Å². The Balaban J connectivity index is 4.22. The summed E-state index contributed by atoms with van der Waals surface area (Å²) in [6.45, 7) is 21.3. The van der Waals surface area contributed by atoms with E-state index in [9.17, 15) is 5.11 Å². The molecule has 126 valence electrons. The van der Waals surface area contributed by atoms with Gasteiger partial charge < -0.3 is 18.1 Å². The van der Waals surface area contributed by atoms with Gasteiger partial charge >= 0.3 is 8.56 Å². The zero-order chi connectivity index (χ0) is 16.9. The van der Waals surface area contributed by atoms with Crippen molar-refractivity contribution in [2.45, 2.75) is 71.5 Å². The summed E-state index contributed by atoms with van der Waals surface area (Å²) >= 11 is 0. The lowest BCUT2D eigenvalue weighted by molar-refractivity contribution is -0.0715. The van der Waals surface area contributed by atoms with Crippen LogP contribution in [0.3, 0.4) is 0 Å². The van der Waals surface area contributed by atoms with Crippen molar-refractivity contribution in [3.63, 3.8) is 0 Å². The van der Waals surface area contributed by atoms with Crippen LogP contribution >= 0.6 is 0 Å². The molecule has 1 atom stereocenters. The molecule has 0 aromatic carbocycles. The smallest absolute Gasteiger partial charge is 0.311 e. The molecule has 4 nitrogen and oxygen atoms in total. The molecule has 1 N–H and O–H groups in total. The van der Waals surface area contributed by atoms with Crippen molar-refractivity contribution in [3.05, 3.63) is 12.2 Å². The molecular formula is C14H34O4Si3. The first-order valence-corrected chi connectivity index (χ1v) is 16.9. The highest BCUT2D eigenvalue weighted by Crippen LogP contribution is 2.23. The fraction of sp³-hybridized carbons (Fsp3) is 0.857. The molecule has 0 spiro atoms. The molecule has 0 fully saturated rings. The van der Waals surface area contributed by atoms with E-state index in [4.69, 9.17) is 13.0 Å². The Hall–Kier alpha value is 0.231. The molecule has 0 heterocycles. The Morgan fingerprint density at radius 3 is 2.00 bits per heavy atom. The van der Waals surface area contributed by atoms with Crippen LogP contribution in [-0.2, 0) is 13.0 Å². The van der Waals surface area contributed by atoms with Gasteiger partial charge in [0.2, 0.25) is 0 Å². The Bertz CT molecular complexity index is 338. The van der Waals surface area contributed by atoms with Crippen LogP contribution in [0.25, 0.3) is 0 Å². The first kappa shape index (κ1) is 21.2. The predicted octanol–water partition coefficient (Wildman–Crippen LogP) is 4.06. The number of hydrogen-bond acceptors (Lipinski definition) is 4. The summed E-state index contributed by atoms with van der Waals surface area (Å²) in [6, 6.07) is 1.00. The third-order valence-electron chi connectivity index (χ3n) is 2.69. The third kappa shape index (κ3) is 11.5. The maximum Gasteiger partial charge on any atom is 0.311 e. The van der Waals surface area contributed by atoms with Crippen LogP contribution in [0.5, 0.6) is 0 Å². The molecular weight excluding hydrogens is 316 g/mol. The van der Waals surface area contributed by atoms with Gasteiger partial charge in [-0.05, 0) is 70.8 Å². The highest BCUT2D eigenvalue weighted by molar-refractivity contribution is 6.87. The highest BCUT2D eigenvalue weighted by atomic mass is 28.5. The van der Waals surface area contributed by atoms with E-state index in [-0.39, 0.29) is 0 Å². The van der Waals surface area contributed by atoms with Crippen LogP contribution in [0.4, 0.5) is 0 Å². The third-order valence-corrected chi connectivity index (χ3v) is 12.8. The van der Waals surface area contributed by atoms with E-state index >= 15 is 0 Å². The van der Waals surface area contributed by atoms with Crippen molar-refractivity contribution < 1.29 is 18.1 Å². The average molecular weight is 351 g/mol. The predicted molar refractivity (Wildman–Crippen MR) is 96.7 cm³/mol. The number of ether oxygens (including phenoxy) is 1. The van der Waals surface area contributed by atoms with Crippen LogP contribution in [0.15, 0.2) is 12.2 Å².